The molecule has 0 spiro atoms. The lowest BCUT2D eigenvalue weighted by Crippen LogP contribution is -2.84. The van der Waals surface area contributed by atoms with Gasteiger partial charge >= 0.3 is 0 Å². The monoisotopic (exact) mass is 312 g/mol. The molecule has 0 aromatic heterocycles. The largest absolute Gasteiger partial charge is 0.497 e. The van der Waals surface area contributed by atoms with E-state index in [9.17, 15) is 0 Å². The van der Waals surface area contributed by atoms with Crippen LogP contribution in [0.3, 0.4) is 0 Å². The van der Waals surface area contributed by atoms with E-state index in [1.54, 1.807) is 7.11 Å². The normalized spacial score (nSPS) is 13.8. The summed E-state index contributed by atoms with van der Waals surface area (Å²) < 4.78 is 5.26. The average molecular weight is 312 g/mol. The Kier molecular flexibility index (Phi) is 6.66. The molecule has 0 unspecified atom stereocenters. The second-order valence-electron chi connectivity index (χ2n) is 6.64. The standard InChI is InChI=1S/C21H29NO/c1-16(2)21(19-10-12-20(23-4)13-11-19)14-15-22-17(3)18-8-6-5-7-9-18/h5-13,16-17,21-22H,14-15H2,1-4H3/p+1/t17-,21+/m1/s1. The maximum absolute atomic E-state index is 5.26. The minimum atomic E-state index is 0.514. The lowest BCUT2D eigenvalue weighted by atomic mass is 9.85. The number of benzene rings is 2. The van der Waals surface area contributed by atoms with Gasteiger partial charge in [-0.25, -0.2) is 0 Å². The molecule has 0 aliphatic carbocycles. The predicted molar refractivity (Wildman–Crippen MR) is 96.8 cm³/mol. The van der Waals surface area contributed by atoms with Crippen LogP contribution in [-0.2, 0) is 0 Å². The number of ether oxygens (including phenoxy) is 1. The Morgan fingerprint density at radius 1 is 0.870 bits per heavy atom. The SMILES string of the molecule is COc1ccc([C@@H](CC[NH2+][C@H](C)c2ccccc2)C(C)C)cc1. The summed E-state index contributed by atoms with van der Waals surface area (Å²) in [5.74, 6) is 2.17. The summed E-state index contributed by atoms with van der Waals surface area (Å²) in [5, 5.41) is 2.45. The van der Waals surface area contributed by atoms with Gasteiger partial charge in [0.1, 0.15) is 11.8 Å². The van der Waals surface area contributed by atoms with Gasteiger partial charge in [-0.15, -0.1) is 0 Å². The van der Waals surface area contributed by atoms with Gasteiger partial charge in [0.15, 0.2) is 0 Å². The summed E-state index contributed by atoms with van der Waals surface area (Å²) in [7, 11) is 1.72. The van der Waals surface area contributed by atoms with E-state index < -0.39 is 0 Å². The lowest BCUT2D eigenvalue weighted by Gasteiger charge is -2.22. The molecule has 0 aliphatic rings. The number of hydrogen-bond acceptors (Lipinski definition) is 1. The Bertz CT molecular complexity index is 562. The molecule has 0 heterocycles. The van der Waals surface area contributed by atoms with Crippen LogP contribution in [0.15, 0.2) is 54.6 Å². The molecule has 2 heteroatoms. The minimum absolute atomic E-state index is 0.514. The van der Waals surface area contributed by atoms with E-state index in [1.807, 2.05) is 0 Å². The molecule has 124 valence electrons. The highest BCUT2D eigenvalue weighted by Crippen LogP contribution is 2.28. The van der Waals surface area contributed by atoms with E-state index >= 15 is 0 Å². The molecule has 2 atom stereocenters. The minimum Gasteiger partial charge on any atom is -0.497 e. The van der Waals surface area contributed by atoms with Crippen molar-refractivity contribution in [2.24, 2.45) is 5.92 Å². The van der Waals surface area contributed by atoms with Crippen LogP contribution >= 0.6 is 0 Å². The third-order valence-corrected chi connectivity index (χ3v) is 4.67. The predicted octanol–water partition coefficient (Wildman–Crippen LogP) is 4.15. The van der Waals surface area contributed by atoms with Crippen LogP contribution in [0.25, 0.3) is 0 Å². The maximum Gasteiger partial charge on any atom is 0.118 e. The molecular formula is C21H30NO+. The van der Waals surface area contributed by atoms with E-state index in [0.717, 1.165) is 12.3 Å². The molecular weight excluding hydrogens is 282 g/mol. The number of methoxy groups -OCH3 is 1. The molecule has 2 aromatic rings. The van der Waals surface area contributed by atoms with Crippen molar-refractivity contribution in [2.75, 3.05) is 13.7 Å². The summed E-state index contributed by atoms with van der Waals surface area (Å²) >= 11 is 0. The van der Waals surface area contributed by atoms with Crippen molar-refractivity contribution in [3.8, 4) is 5.75 Å². The van der Waals surface area contributed by atoms with Crippen LogP contribution in [-0.4, -0.2) is 13.7 Å². The quantitative estimate of drug-likeness (QED) is 0.778. The molecule has 0 saturated heterocycles. The number of hydrogen-bond donors (Lipinski definition) is 1. The van der Waals surface area contributed by atoms with Crippen molar-refractivity contribution in [1.29, 1.82) is 0 Å². The number of nitrogens with two attached hydrogens (primary N) is 1. The fourth-order valence-electron chi connectivity index (χ4n) is 3.15. The van der Waals surface area contributed by atoms with Crippen LogP contribution < -0.4 is 10.1 Å². The van der Waals surface area contributed by atoms with Crippen LogP contribution in [0.5, 0.6) is 5.75 Å². The summed E-state index contributed by atoms with van der Waals surface area (Å²) in [6.45, 7) is 8.06. The van der Waals surface area contributed by atoms with Gasteiger partial charge in [-0.3, -0.25) is 0 Å². The Hall–Kier alpha value is -1.80. The number of quaternary nitrogens is 1. The third-order valence-electron chi connectivity index (χ3n) is 4.67. The Balaban J connectivity index is 1.92. The molecule has 0 aliphatic heterocycles. The first-order valence-electron chi connectivity index (χ1n) is 8.64. The van der Waals surface area contributed by atoms with Crippen LogP contribution in [0.4, 0.5) is 0 Å². The number of rotatable bonds is 8. The maximum atomic E-state index is 5.26. The first-order valence-corrected chi connectivity index (χ1v) is 8.64. The smallest absolute Gasteiger partial charge is 0.118 e. The Morgan fingerprint density at radius 2 is 1.52 bits per heavy atom. The molecule has 2 nitrogen and oxygen atoms in total. The van der Waals surface area contributed by atoms with Crippen LogP contribution in [0.2, 0.25) is 0 Å². The molecule has 0 bridgehead atoms. The van der Waals surface area contributed by atoms with Gasteiger partial charge in [-0.1, -0.05) is 56.3 Å². The van der Waals surface area contributed by atoms with Crippen molar-refractivity contribution in [3.05, 3.63) is 65.7 Å². The van der Waals surface area contributed by atoms with E-state index in [4.69, 9.17) is 4.74 Å². The molecule has 2 rings (SSSR count). The highest BCUT2D eigenvalue weighted by molar-refractivity contribution is 5.29. The lowest BCUT2D eigenvalue weighted by molar-refractivity contribution is -0.693. The summed E-state index contributed by atoms with van der Waals surface area (Å²) in [6, 6.07) is 19.8. The van der Waals surface area contributed by atoms with Gasteiger partial charge in [-0.05, 0) is 36.5 Å². The molecule has 2 N–H and O–H groups in total. The molecule has 0 saturated carbocycles. The summed E-state index contributed by atoms with van der Waals surface area (Å²) in [4.78, 5) is 0. The van der Waals surface area contributed by atoms with Crippen molar-refractivity contribution < 1.29 is 10.1 Å². The van der Waals surface area contributed by atoms with E-state index in [-0.39, 0.29) is 0 Å². The second kappa shape index (κ2) is 8.73. The zero-order valence-electron chi connectivity index (χ0n) is 14.8. The van der Waals surface area contributed by atoms with Crippen LogP contribution in [0.1, 0.15) is 50.3 Å². The zero-order chi connectivity index (χ0) is 16.7. The topological polar surface area (TPSA) is 25.8 Å². The van der Waals surface area contributed by atoms with Gasteiger partial charge < -0.3 is 10.1 Å². The van der Waals surface area contributed by atoms with Crippen molar-refractivity contribution in [1.82, 2.24) is 0 Å². The highest BCUT2D eigenvalue weighted by Gasteiger charge is 2.17. The molecule has 0 fully saturated rings. The summed E-state index contributed by atoms with van der Waals surface area (Å²) in [6.07, 6.45) is 1.20. The van der Waals surface area contributed by atoms with E-state index in [1.165, 1.54) is 17.5 Å². The summed E-state index contributed by atoms with van der Waals surface area (Å²) in [5.41, 5.74) is 2.82. The molecule has 0 radical (unpaired) electrons. The van der Waals surface area contributed by atoms with Crippen molar-refractivity contribution in [3.63, 3.8) is 0 Å². The van der Waals surface area contributed by atoms with E-state index in [2.05, 4.69) is 80.7 Å². The van der Waals surface area contributed by atoms with Gasteiger partial charge in [0.25, 0.3) is 0 Å². The van der Waals surface area contributed by atoms with Crippen LogP contribution in [0, 0.1) is 5.92 Å². The first kappa shape index (κ1) is 17.6. The van der Waals surface area contributed by atoms with Gasteiger partial charge in [0.2, 0.25) is 0 Å². The Labute approximate surface area is 140 Å². The van der Waals surface area contributed by atoms with Gasteiger partial charge in [0.05, 0.1) is 13.7 Å². The molecule has 2 aromatic carbocycles. The van der Waals surface area contributed by atoms with E-state index in [0.29, 0.717) is 17.9 Å². The second-order valence-corrected chi connectivity index (χ2v) is 6.64. The van der Waals surface area contributed by atoms with Gasteiger partial charge in [0, 0.05) is 12.0 Å². The fraction of sp³-hybridized carbons (Fsp3) is 0.429. The molecule has 23 heavy (non-hydrogen) atoms. The van der Waals surface area contributed by atoms with Gasteiger partial charge in [-0.2, -0.15) is 0 Å². The van der Waals surface area contributed by atoms with Crippen molar-refractivity contribution >= 4 is 0 Å². The first-order chi connectivity index (χ1) is 11.1. The molecule has 0 amide bonds. The Morgan fingerprint density at radius 3 is 2.09 bits per heavy atom. The average Bonchev–Trinajstić information content (AvgIpc) is 2.59. The third kappa shape index (κ3) is 5.11. The van der Waals surface area contributed by atoms with Crippen molar-refractivity contribution in [2.45, 2.75) is 39.2 Å². The fourth-order valence-corrected chi connectivity index (χ4v) is 3.15. The highest BCUT2D eigenvalue weighted by atomic mass is 16.5. The zero-order valence-corrected chi connectivity index (χ0v) is 14.8.